The Labute approximate surface area is 191 Å². The third-order valence-corrected chi connectivity index (χ3v) is 7.13. The highest BCUT2D eigenvalue weighted by atomic mass is 79.9. The predicted octanol–water partition coefficient (Wildman–Crippen LogP) is 6.11. The van der Waals surface area contributed by atoms with Gasteiger partial charge in [0, 0.05) is 33.5 Å². The molecule has 1 N–H and O–H groups in total. The van der Waals surface area contributed by atoms with Crippen molar-refractivity contribution in [1.82, 2.24) is 20.2 Å². The van der Waals surface area contributed by atoms with Crippen molar-refractivity contribution in [2.75, 3.05) is 13.1 Å². The fourth-order valence-electron chi connectivity index (χ4n) is 3.47. The van der Waals surface area contributed by atoms with E-state index < -0.39 is 0 Å². The molecular weight excluding hydrogens is 495 g/mol. The van der Waals surface area contributed by atoms with Crippen molar-refractivity contribution in [3.63, 3.8) is 0 Å². The molecule has 0 aliphatic carbocycles. The van der Waals surface area contributed by atoms with E-state index in [4.69, 9.17) is 23.2 Å². The molecule has 9 heteroatoms. The number of carbonyl (C=O) groups excluding carboxylic acids is 1. The molecule has 2 aromatic heterocycles. The second kappa shape index (κ2) is 8.78. The van der Waals surface area contributed by atoms with Crippen LogP contribution in [-0.4, -0.2) is 33.8 Å². The summed E-state index contributed by atoms with van der Waals surface area (Å²) in [5.41, 5.74) is 5.72. The molecule has 1 aliphatic heterocycles. The van der Waals surface area contributed by atoms with Gasteiger partial charge < -0.3 is 0 Å². The largest absolute Gasteiger partial charge is 0.286 e. The summed E-state index contributed by atoms with van der Waals surface area (Å²) in [6.07, 6.45) is 3.37. The fraction of sp³-hybridized carbons (Fsp3) is 0.300. The number of nitrogens with one attached hydrogen (secondary N) is 1. The molecular formula is C20H19BrCl2N4OS. The van der Waals surface area contributed by atoms with Crippen LogP contribution < -0.4 is 5.43 Å². The van der Waals surface area contributed by atoms with Crippen LogP contribution in [0.2, 0.25) is 10.0 Å². The number of hydrogen-bond donors (Lipinski definition) is 1. The van der Waals surface area contributed by atoms with Gasteiger partial charge in [-0.3, -0.25) is 10.2 Å². The van der Waals surface area contributed by atoms with Crippen LogP contribution in [0.1, 0.15) is 35.3 Å². The number of thiophene rings is 1. The second-order valence-corrected chi connectivity index (χ2v) is 9.62. The van der Waals surface area contributed by atoms with Gasteiger partial charge in [0.15, 0.2) is 5.69 Å². The third-order valence-electron chi connectivity index (χ3n) is 4.89. The predicted molar refractivity (Wildman–Crippen MR) is 122 cm³/mol. The summed E-state index contributed by atoms with van der Waals surface area (Å²) >= 11 is 17.6. The average molecular weight is 514 g/mol. The van der Waals surface area contributed by atoms with Crippen LogP contribution in [0.25, 0.3) is 16.3 Å². The molecule has 1 aromatic carbocycles. The van der Waals surface area contributed by atoms with Crippen molar-refractivity contribution < 1.29 is 4.79 Å². The number of rotatable bonds is 4. The minimum absolute atomic E-state index is 0.204. The summed E-state index contributed by atoms with van der Waals surface area (Å²) in [4.78, 5) is 14.0. The Hall–Kier alpha value is -1.38. The Morgan fingerprint density at radius 2 is 1.97 bits per heavy atom. The minimum atomic E-state index is -0.204. The molecule has 0 radical (unpaired) electrons. The van der Waals surface area contributed by atoms with Gasteiger partial charge in [-0.05, 0) is 60.0 Å². The van der Waals surface area contributed by atoms with Crippen LogP contribution in [-0.2, 0) is 0 Å². The smallest absolute Gasteiger partial charge is 0.283 e. The molecule has 3 aromatic rings. The zero-order valence-electron chi connectivity index (χ0n) is 15.7. The van der Waals surface area contributed by atoms with Crippen LogP contribution in [0.15, 0.2) is 34.1 Å². The van der Waals surface area contributed by atoms with Gasteiger partial charge in [-0.25, -0.2) is 9.69 Å². The third kappa shape index (κ3) is 4.39. The van der Waals surface area contributed by atoms with E-state index in [1.165, 1.54) is 6.42 Å². The molecule has 4 rings (SSSR count). The second-order valence-electron chi connectivity index (χ2n) is 6.95. The van der Waals surface area contributed by atoms with Crippen molar-refractivity contribution in [3.8, 4) is 16.3 Å². The van der Waals surface area contributed by atoms with Gasteiger partial charge in [-0.2, -0.15) is 5.10 Å². The zero-order chi connectivity index (χ0) is 20.5. The van der Waals surface area contributed by atoms with Gasteiger partial charge in [0.2, 0.25) is 0 Å². The van der Waals surface area contributed by atoms with Crippen LogP contribution in [0.5, 0.6) is 0 Å². The molecule has 1 aliphatic rings. The molecule has 152 valence electrons. The first-order valence-electron chi connectivity index (χ1n) is 9.29. The van der Waals surface area contributed by atoms with Gasteiger partial charge in [0.1, 0.15) is 0 Å². The highest BCUT2D eigenvalue weighted by Gasteiger charge is 2.25. The monoisotopic (exact) mass is 512 g/mol. The van der Waals surface area contributed by atoms with E-state index in [9.17, 15) is 4.79 Å². The van der Waals surface area contributed by atoms with Crippen LogP contribution in [0.4, 0.5) is 0 Å². The van der Waals surface area contributed by atoms with Gasteiger partial charge in [-0.15, -0.1) is 11.3 Å². The highest BCUT2D eigenvalue weighted by Crippen LogP contribution is 2.36. The number of hydrogen-bond acceptors (Lipinski definition) is 4. The van der Waals surface area contributed by atoms with Gasteiger partial charge >= 0.3 is 0 Å². The number of nitrogens with zero attached hydrogens (tertiary/aromatic N) is 3. The Morgan fingerprint density at radius 1 is 1.21 bits per heavy atom. The standard InChI is InChI=1S/C20H19BrCl2N4OS/c1-12-18(20(28)25-26-7-3-2-4-8-26)24-27(16-6-5-14(22)10-15(16)23)19(12)17-9-13(21)11-29-17/h5-6,9-11H,2-4,7-8H2,1H3,(H,25,28). The van der Waals surface area contributed by atoms with E-state index in [-0.39, 0.29) is 5.91 Å². The van der Waals surface area contributed by atoms with Crippen LogP contribution in [0, 0.1) is 6.92 Å². The molecule has 0 bridgehead atoms. The van der Waals surface area contributed by atoms with E-state index in [1.807, 2.05) is 29.4 Å². The maximum absolute atomic E-state index is 13.0. The zero-order valence-corrected chi connectivity index (χ0v) is 19.6. The lowest BCUT2D eigenvalue weighted by Crippen LogP contribution is -2.45. The molecule has 0 saturated carbocycles. The van der Waals surface area contributed by atoms with E-state index in [0.29, 0.717) is 21.4 Å². The number of hydrazine groups is 1. The summed E-state index contributed by atoms with van der Waals surface area (Å²) in [5, 5.41) is 9.66. The molecule has 1 amide bonds. The summed E-state index contributed by atoms with van der Waals surface area (Å²) < 4.78 is 2.71. The number of halogens is 3. The lowest BCUT2D eigenvalue weighted by molar-refractivity contribution is 0.0743. The van der Waals surface area contributed by atoms with Gasteiger partial charge in [0.25, 0.3) is 5.91 Å². The van der Waals surface area contributed by atoms with Crippen LogP contribution in [0.3, 0.4) is 0 Å². The summed E-state index contributed by atoms with van der Waals surface area (Å²) in [7, 11) is 0. The first-order valence-corrected chi connectivity index (χ1v) is 11.7. The topological polar surface area (TPSA) is 50.2 Å². The molecule has 0 unspecified atom stereocenters. The number of carbonyl (C=O) groups is 1. The summed E-state index contributed by atoms with van der Waals surface area (Å²) in [6, 6.07) is 7.27. The number of piperidine rings is 1. The fourth-order valence-corrected chi connectivity index (χ4v) is 5.47. The normalized spacial score (nSPS) is 14.9. The molecule has 0 spiro atoms. The quantitative estimate of drug-likeness (QED) is 0.457. The number of aromatic nitrogens is 2. The summed E-state index contributed by atoms with van der Waals surface area (Å²) in [5.74, 6) is -0.204. The molecule has 5 nitrogen and oxygen atoms in total. The summed E-state index contributed by atoms with van der Waals surface area (Å²) in [6.45, 7) is 3.64. The molecule has 0 atom stereocenters. The first kappa shape index (κ1) is 20.9. The maximum Gasteiger partial charge on any atom is 0.286 e. The Morgan fingerprint density at radius 3 is 2.62 bits per heavy atom. The molecule has 29 heavy (non-hydrogen) atoms. The van der Waals surface area contributed by atoms with E-state index in [0.717, 1.165) is 46.5 Å². The molecule has 1 fully saturated rings. The van der Waals surface area contributed by atoms with E-state index in [2.05, 4.69) is 26.5 Å². The Kier molecular flexibility index (Phi) is 6.32. The molecule has 1 saturated heterocycles. The van der Waals surface area contributed by atoms with Gasteiger partial charge in [0.05, 0.1) is 21.3 Å². The van der Waals surface area contributed by atoms with Crippen molar-refractivity contribution in [2.24, 2.45) is 0 Å². The number of amides is 1. The Balaban J connectivity index is 1.79. The van der Waals surface area contributed by atoms with Crippen molar-refractivity contribution >= 4 is 56.4 Å². The highest BCUT2D eigenvalue weighted by molar-refractivity contribution is 9.10. The lowest BCUT2D eigenvalue weighted by Gasteiger charge is -2.26. The Bertz CT molecular complexity index is 1060. The average Bonchev–Trinajstić information content (AvgIpc) is 3.25. The van der Waals surface area contributed by atoms with E-state index in [1.54, 1.807) is 28.2 Å². The van der Waals surface area contributed by atoms with E-state index >= 15 is 0 Å². The van der Waals surface area contributed by atoms with Crippen LogP contribution >= 0.6 is 50.5 Å². The van der Waals surface area contributed by atoms with Crippen molar-refractivity contribution in [2.45, 2.75) is 26.2 Å². The maximum atomic E-state index is 13.0. The van der Waals surface area contributed by atoms with Crippen molar-refractivity contribution in [3.05, 3.63) is 55.4 Å². The molecule has 3 heterocycles. The first-order chi connectivity index (χ1) is 13.9. The number of benzene rings is 1. The lowest BCUT2D eigenvalue weighted by atomic mass is 10.1. The van der Waals surface area contributed by atoms with Crippen molar-refractivity contribution in [1.29, 1.82) is 0 Å². The SMILES string of the molecule is Cc1c(C(=O)NN2CCCCC2)nn(-c2ccc(Cl)cc2Cl)c1-c1cc(Br)cs1. The van der Waals surface area contributed by atoms with Gasteiger partial charge in [-0.1, -0.05) is 29.6 Å². The minimum Gasteiger partial charge on any atom is -0.283 e.